The van der Waals surface area contributed by atoms with Crippen LogP contribution in [0.3, 0.4) is 0 Å². The van der Waals surface area contributed by atoms with Crippen molar-refractivity contribution in [2.24, 2.45) is 5.92 Å². The van der Waals surface area contributed by atoms with Gasteiger partial charge in [-0.3, -0.25) is 4.79 Å². The monoisotopic (exact) mass is 289 g/mol. The zero-order valence-electron chi connectivity index (χ0n) is 13.4. The van der Waals surface area contributed by atoms with Crippen molar-refractivity contribution in [1.29, 1.82) is 0 Å². The molecule has 0 saturated heterocycles. The van der Waals surface area contributed by atoms with Crippen LogP contribution in [0.4, 0.5) is 5.82 Å². The molecule has 4 nitrogen and oxygen atoms in total. The maximum Gasteiger partial charge on any atom is 0.254 e. The summed E-state index contributed by atoms with van der Waals surface area (Å²) in [5.41, 5.74) is 7.43. The molecule has 1 aliphatic carbocycles. The van der Waals surface area contributed by atoms with Gasteiger partial charge in [0.05, 0.1) is 0 Å². The van der Waals surface area contributed by atoms with E-state index in [1.165, 1.54) is 19.3 Å². The number of rotatable bonds is 4. The number of carbonyl (C=O) groups excluding carboxylic acids is 1. The summed E-state index contributed by atoms with van der Waals surface area (Å²) in [7, 11) is 1.92. The van der Waals surface area contributed by atoms with Gasteiger partial charge in [0.1, 0.15) is 5.82 Å². The van der Waals surface area contributed by atoms with Gasteiger partial charge in [-0.2, -0.15) is 0 Å². The summed E-state index contributed by atoms with van der Waals surface area (Å²) in [6.45, 7) is 4.35. The minimum Gasteiger partial charge on any atom is -0.384 e. The molecule has 2 atom stereocenters. The number of pyridine rings is 1. The normalized spacial score (nSPS) is 22.0. The maximum absolute atomic E-state index is 12.7. The predicted octanol–water partition coefficient (Wildman–Crippen LogP) is 3.27. The van der Waals surface area contributed by atoms with Crippen LogP contribution in [-0.4, -0.2) is 28.9 Å². The fraction of sp³-hybridized carbons (Fsp3) is 0.647. The molecule has 1 saturated carbocycles. The Bertz CT molecular complexity index is 501. The maximum atomic E-state index is 12.7. The smallest absolute Gasteiger partial charge is 0.254 e. The van der Waals surface area contributed by atoms with Crippen LogP contribution in [0.2, 0.25) is 0 Å². The van der Waals surface area contributed by atoms with Gasteiger partial charge < -0.3 is 10.6 Å². The quantitative estimate of drug-likeness (QED) is 0.925. The number of nitrogen functional groups attached to an aromatic ring is 1. The van der Waals surface area contributed by atoms with Crippen LogP contribution in [0.15, 0.2) is 12.1 Å². The first kappa shape index (κ1) is 15.8. The van der Waals surface area contributed by atoms with Crippen molar-refractivity contribution in [2.75, 3.05) is 12.8 Å². The Balaban J connectivity index is 2.18. The van der Waals surface area contributed by atoms with Crippen LogP contribution in [0.25, 0.3) is 0 Å². The molecular formula is C17H27N3O. The van der Waals surface area contributed by atoms with Crippen LogP contribution >= 0.6 is 0 Å². The summed E-state index contributed by atoms with van der Waals surface area (Å²) in [5, 5.41) is 0. The van der Waals surface area contributed by atoms with Crippen LogP contribution in [0.1, 0.15) is 62.0 Å². The molecule has 0 radical (unpaired) electrons. The second-order valence-corrected chi connectivity index (χ2v) is 6.27. The molecule has 2 unspecified atom stereocenters. The van der Waals surface area contributed by atoms with E-state index < -0.39 is 0 Å². The van der Waals surface area contributed by atoms with Crippen molar-refractivity contribution in [3.63, 3.8) is 0 Å². The van der Waals surface area contributed by atoms with Gasteiger partial charge in [0.15, 0.2) is 0 Å². The Morgan fingerprint density at radius 3 is 2.76 bits per heavy atom. The molecule has 1 fully saturated rings. The Morgan fingerprint density at radius 1 is 1.38 bits per heavy atom. The molecule has 1 heterocycles. The lowest BCUT2D eigenvalue weighted by Gasteiger charge is -2.36. The lowest BCUT2D eigenvalue weighted by atomic mass is 9.85. The number of aryl methyl sites for hydroxylation is 1. The van der Waals surface area contributed by atoms with Gasteiger partial charge in [0, 0.05) is 24.3 Å². The number of anilines is 1. The van der Waals surface area contributed by atoms with Crippen LogP contribution in [-0.2, 0) is 6.42 Å². The first-order valence-electron chi connectivity index (χ1n) is 8.06. The molecule has 0 bridgehead atoms. The minimum atomic E-state index is 0.0696. The summed E-state index contributed by atoms with van der Waals surface area (Å²) in [6, 6.07) is 3.94. The van der Waals surface area contributed by atoms with E-state index in [2.05, 4.69) is 18.8 Å². The highest BCUT2D eigenvalue weighted by Crippen LogP contribution is 2.28. The van der Waals surface area contributed by atoms with E-state index in [1.54, 1.807) is 6.07 Å². The molecule has 116 valence electrons. The molecule has 4 heteroatoms. The third-order valence-electron chi connectivity index (χ3n) is 4.54. The van der Waals surface area contributed by atoms with Crippen molar-refractivity contribution in [3.8, 4) is 0 Å². The molecule has 1 aromatic rings. The van der Waals surface area contributed by atoms with Gasteiger partial charge in [0.25, 0.3) is 5.91 Å². The van der Waals surface area contributed by atoms with Crippen LogP contribution in [0.5, 0.6) is 0 Å². The number of hydrogen-bond donors (Lipinski definition) is 1. The largest absolute Gasteiger partial charge is 0.384 e. The van der Waals surface area contributed by atoms with Crippen molar-refractivity contribution >= 4 is 11.7 Å². The van der Waals surface area contributed by atoms with Crippen LogP contribution in [0, 0.1) is 5.92 Å². The number of nitrogens with zero attached hydrogens (tertiary/aromatic N) is 2. The zero-order chi connectivity index (χ0) is 15.4. The number of amides is 1. The van der Waals surface area contributed by atoms with Crippen molar-refractivity contribution in [3.05, 3.63) is 23.4 Å². The number of carbonyl (C=O) groups is 1. The SMILES string of the molecule is CCCc1cc(C(=O)N(C)C2CCCCC2C)cc(N)n1. The first-order chi connectivity index (χ1) is 10.0. The molecule has 1 aliphatic rings. The lowest BCUT2D eigenvalue weighted by Crippen LogP contribution is -2.42. The van der Waals surface area contributed by atoms with E-state index in [-0.39, 0.29) is 5.91 Å². The van der Waals surface area contributed by atoms with Gasteiger partial charge >= 0.3 is 0 Å². The Kier molecular flexibility index (Phi) is 5.21. The van der Waals surface area contributed by atoms with E-state index >= 15 is 0 Å². The highest BCUT2D eigenvalue weighted by molar-refractivity contribution is 5.95. The number of aromatic nitrogens is 1. The van der Waals surface area contributed by atoms with Crippen molar-refractivity contribution < 1.29 is 4.79 Å². The van der Waals surface area contributed by atoms with E-state index in [0.717, 1.165) is 25.0 Å². The molecule has 1 amide bonds. The topological polar surface area (TPSA) is 59.2 Å². The second kappa shape index (κ2) is 6.92. The lowest BCUT2D eigenvalue weighted by molar-refractivity contribution is 0.0629. The van der Waals surface area contributed by atoms with Gasteiger partial charge in [-0.1, -0.05) is 33.1 Å². The number of nitrogens with two attached hydrogens (primary N) is 1. The fourth-order valence-electron chi connectivity index (χ4n) is 3.34. The fourth-order valence-corrected chi connectivity index (χ4v) is 3.34. The Morgan fingerprint density at radius 2 is 2.10 bits per heavy atom. The summed E-state index contributed by atoms with van der Waals surface area (Å²) >= 11 is 0. The highest BCUT2D eigenvalue weighted by Gasteiger charge is 2.28. The van der Waals surface area contributed by atoms with E-state index in [4.69, 9.17) is 5.73 Å². The number of hydrogen-bond acceptors (Lipinski definition) is 3. The molecular weight excluding hydrogens is 262 g/mol. The van der Waals surface area contributed by atoms with Gasteiger partial charge in [-0.15, -0.1) is 0 Å². The predicted molar refractivity (Wildman–Crippen MR) is 86.2 cm³/mol. The zero-order valence-corrected chi connectivity index (χ0v) is 13.4. The first-order valence-corrected chi connectivity index (χ1v) is 8.06. The Labute approximate surface area is 127 Å². The van der Waals surface area contributed by atoms with Gasteiger partial charge in [-0.05, 0) is 37.3 Å². The van der Waals surface area contributed by atoms with E-state index in [0.29, 0.717) is 23.3 Å². The Hall–Kier alpha value is -1.58. The van der Waals surface area contributed by atoms with Gasteiger partial charge in [0.2, 0.25) is 0 Å². The van der Waals surface area contributed by atoms with E-state index in [9.17, 15) is 4.79 Å². The summed E-state index contributed by atoms with van der Waals surface area (Å²) in [6.07, 6.45) is 6.66. The van der Waals surface area contributed by atoms with Crippen molar-refractivity contribution in [1.82, 2.24) is 9.88 Å². The molecule has 0 aromatic carbocycles. The molecule has 2 rings (SSSR count). The summed E-state index contributed by atoms with van der Waals surface area (Å²) in [5.74, 6) is 1.08. The highest BCUT2D eigenvalue weighted by atomic mass is 16.2. The summed E-state index contributed by atoms with van der Waals surface area (Å²) in [4.78, 5) is 19.0. The summed E-state index contributed by atoms with van der Waals surface area (Å²) < 4.78 is 0. The van der Waals surface area contributed by atoms with Crippen LogP contribution < -0.4 is 5.73 Å². The third-order valence-corrected chi connectivity index (χ3v) is 4.54. The minimum absolute atomic E-state index is 0.0696. The average Bonchev–Trinajstić information content (AvgIpc) is 2.46. The van der Waals surface area contributed by atoms with E-state index in [1.807, 2.05) is 18.0 Å². The second-order valence-electron chi connectivity index (χ2n) is 6.27. The average molecular weight is 289 g/mol. The van der Waals surface area contributed by atoms with Crippen molar-refractivity contribution in [2.45, 2.75) is 58.4 Å². The standard InChI is InChI=1S/C17H27N3O/c1-4-7-14-10-13(11-16(18)19-14)17(21)20(3)15-9-6-5-8-12(15)2/h10-12,15H,4-9H2,1-3H3,(H2,18,19). The molecule has 0 spiro atoms. The molecule has 21 heavy (non-hydrogen) atoms. The third kappa shape index (κ3) is 3.74. The molecule has 0 aliphatic heterocycles. The van der Waals surface area contributed by atoms with Gasteiger partial charge in [-0.25, -0.2) is 4.98 Å². The molecule has 1 aromatic heterocycles. The molecule has 2 N–H and O–H groups in total.